The van der Waals surface area contributed by atoms with Crippen molar-refractivity contribution in [3.8, 4) is 5.75 Å². The fourth-order valence-corrected chi connectivity index (χ4v) is 4.88. The highest BCUT2D eigenvalue weighted by molar-refractivity contribution is 7.92. The number of methoxy groups -OCH3 is 1. The van der Waals surface area contributed by atoms with E-state index >= 15 is 0 Å². The molecular formula is C24H31Cl2N3O5S. The number of carbonyl (C=O) groups excluding carboxylic acids is 2. The highest BCUT2D eigenvalue weighted by Crippen LogP contribution is 2.28. The molecule has 0 radical (unpaired) electrons. The second-order valence-electron chi connectivity index (χ2n) is 8.28. The van der Waals surface area contributed by atoms with E-state index in [0.717, 1.165) is 10.6 Å². The summed E-state index contributed by atoms with van der Waals surface area (Å²) in [5.74, 6) is -0.387. The van der Waals surface area contributed by atoms with Gasteiger partial charge in [-0.25, -0.2) is 8.42 Å². The molecule has 8 nitrogen and oxygen atoms in total. The van der Waals surface area contributed by atoms with Crippen molar-refractivity contribution in [2.45, 2.75) is 45.8 Å². The van der Waals surface area contributed by atoms with E-state index in [9.17, 15) is 18.0 Å². The molecule has 0 aliphatic rings. The van der Waals surface area contributed by atoms with Gasteiger partial charge in [0.05, 0.1) is 19.1 Å². The topological polar surface area (TPSA) is 96.0 Å². The molecule has 1 N–H and O–H groups in total. The van der Waals surface area contributed by atoms with Gasteiger partial charge in [0.2, 0.25) is 21.8 Å². The first kappa shape index (κ1) is 28.7. The van der Waals surface area contributed by atoms with Crippen LogP contribution >= 0.6 is 23.2 Å². The molecule has 0 saturated heterocycles. The van der Waals surface area contributed by atoms with E-state index in [1.807, 2.05) is 13.8 Å². The molecule has 0 aliphatic carbocycles. The van der Waals surface area contributed by atoms with E-state index in [0.29, 0.717) is 27.8 Å². The van der Waals surface area contributed by atoms with Crippen molar-refractivity contribution in [2.24, 2.45) is 0 Å². The number of amides is 2. The first-order valence-corrected chi connectivity index (χ1v) is 13.6. The van der Waals surface area contributed by atoms with Crippen molar-refractivity contribution in [3.63, 3.8) is 0 Å². The first-order chi connectivity index (χ1) is 16.4. The van der Waals surface area contributed by atoms with E-state index in [-0.39, 0.29) is 24.2 Å². The van der Waals surface area contributed by atoms with Crippen LogP contribution in [0, 0.1) is 0 Å². The Bertz CT molecular complexity index is 1120. The van der Waals surface area contributed by atoms with Crippen molar-refractivity contribution in [1.29, 1.82) is 0 Å². The van der Waals surface area contributed by atoms with Gasteiger partial charge in [0.15, 0.2) is 0 Å². The molecule has 2 rings (SSSR count). The van der Waals surface area contributed by atoms with Gasteiger partial charge in [0, 0.05) is 28.2 Å². The second-order valence-corrected chi connectivity index (χ2v) is 11.0. The van der Waals surface area contributed by atoms with Crippen molar-refractivity contribution in [2.75, 3.05) is 24.2 Å². The number of halogens is 2. The average molecular weight is 545 g/mol. The summed E-state index contributed by atoms with van der Waals surface area (Å²) in [5, 5.41) is 3.50. The molecule has 0 aromatic heterocycles. The van der Waals surface area contributed by atoms with E-state index in [4.69, 9.17) is 27.9 Å². The number of sulfonamides is 1. The fraction of sp³-hybridized carbons (Fsp3) is 0.417. The zero-order chi connectivity index (χ0) is 26.3. The molecule has 0 fully saturated rings. The molecule has 0 saturated carbocycles. The zero-order valence-electron chi connectivity index (χ0n) is 20.4. The van der Waals surface area contributed by atoms with Crippen LogP contribution in [0.15, 0.2) is 42.5 Å². The van der Waals surface area contributed by atoms with Crippen LogP contribution < -0.4 is 14.4 Å². The Kier molecular flexibility index (Phi) is 10.2. The third kappa shape index (κ3) is 7.75. The number of rotatable bonds is 11. The predicted octanol–water partition coefficient (Wildman–Crippen LogP) is 4.10. The quantitative estimate of drug-likeness (QED) is 0.460. The van der Waals surface area contributed by atoms with E-state index in [2.05, 4.69) is 5.32 Å². The molecule has 2 amide bonds. The smallest absolute Gasteiger partial charge is 0.244 e. The Hall–Kier alpha value is -2.49. The van der Waals surface area contributed by atoms with Crippen LogP contribution in [-0.2, 0) is 26.2 Å². The van der Waals surface area contributed by atoms with Crippen LogP contribution in [0.3, 0.4) is 0 Å². The summed E-state index contributed by atoms with van der Waals surface area (Å²) in [4.78, 5) is 28.0. The number of hydrogen-bond acceptors (Lipinski definition) is 5. The molecule has 2 aromatic carbocycles. The minimum atomic E-state index is -3.83. The Morgan fingerprint density at radius 3 is 2.09 bits per heavy atom. The van der Waals surface area contributed by atoms with E-state index in [1.165, 1.54) is 12.0 Å². The highest BCUT2D eigenvalue weighted by Gasteiger charge is 2.32. The lowest BCUT2D eigenvalue weighted by Gasteiger charge is -2.33. The first-order valence-electron chi connectivity index (χ1n) is 11.0. The molecule has 0 spiro atoms. The average Bonchev–Trinajstić information content (AvgIpc) is 2.78. The molecule has 192 valence electrons. The monoisotopic (exact) mass is 543 g/mol. The number of carbonyl (C=O) groups is 2. The maximum absolute atomic E-state index is 13.6. The van der Waals surface area contributed by atoms with Crippen LogP contribution in [0.5, 0.6) is 5.75 Å². The van der Waals surface area contributed by atoms with Crippen molar-refractivity contribution >= 4 is 50.7 Å². The summed E-state index contributed by atoms with van der Waals surface area (Å²) in [6, 6.07) is 10.2. The van der Waals surface area contributed by atoms with Crippen molar-refractivity contribution < 1.29 is 22.7 Å². The Morgan fingerprint density at radius 1 is 1.06 bits per heavy atom. The van der Waals surface area contributed by atoms with E-state index < -0.39 is 28.5 Å². The van der Waals surface area contributed by atoms with Crippen molar-refractivity contribution in [3.05, 3.63) is 58.1 Å². The summed E-state index contributed by atoms with van der Waals surface area (Å²) in [6.45, 7) is 4.82. The molecule has 0 aliphatic heterocycles. The van der Waals surface area contributed by atoms with Gasteiger partial charge in [0.1, 0.15) is 18.3 Å². The summed E-state index contributed by atoms with van der Waals surface area (Å²) < 4.78 is 31.4. The third-order valence-electron chi connectivity index (χ3n) is 5.25. The van der Waals surface area contributed by atoms with Gasteiger partial charge < -0.3 is 15.0 Å². The summed E-state index contributed by atoms with van der Waals surface area (Å²) >= 11 is 12.7. The van der Waals surface area contributed by atoms with Gasteiger partial charge in [0.25, 0.3) is 0 Å². The normalized spacial score (nSPS) is 12.2. The zero-order valence-corrected chi connectivity index (χ0v) is 22.7. The molecule has 1 atom stereocenters. The maximum atomic E-state index is 13.6. The van der Waals surface area contributed by atoms with Gasteiger partial charge in [-0.2, -0.15) is 0 Å². The van der Waals surface area contributed by atoms with Gasteiger partial charge in [-0.05, 0) is 56.7 Å². The van der Waals surface area contributed by atoms with Crippen LogP contribution in [0.1, 0.15) is 32.8 Å². The molecule has 0 bridgehead atoms. The van der Waals surface area contributed by atoms with Crippen LogP contribution in [0.4, 0.5) is 5.69 Å². The van der Waals surface area contributed by atoms with Crippen LogP contribution in [0.2, 0.25) is 10.0 Å². The molecule has 11 heteroatoms. The predicted molar refractivity (Wildman–Crippen MR) is 140 cm³/mol. The van der Waals surface area contributed by atoms with Gasteiger partial charge in [-0.15, -0.1) is 0 Å². The minimum absolute atomic E-state index is 0.0679. The summed E-state index contributed by atoms with van der Waals surface area (Å²) in [5.41, 5.74) is 0.757. The lowest BCUT2D eigenvalue weighted by molar-refractivity contribution is -0.140. The Morgan fingerprint density at radius 2 is 1.63 bits per heavy atom. The molecule has 0 unspecified atom stereocenters. The highest BCUT2D eigenvalue weighted by atomic mass is 35.5. The number of nitrogens with one attached hydrogen (secondary N) is 1. The maximum Gasteiger partial charge on any atom is 0.244 e. The summed E-state index contributed by atoms with van der Waals surface area (Å²) in [6.07, 6.45) is 1.32. The van der Waals surface area contributed by atoms with Gasteiger partial charge in [-0.3, -0.25) is 13.9 Å². The van der Waals surface area contributed by atoms with Gasteiger partial charge >= 0.3 is 0 Å². The Balaban J connectivity index is 2.49. The standard InChI is InChI=1S/C24H31Cl2N3O5S/c1-6-22(24(31)27-16(2)3)28(14-19-20(25)8-7-9-21(19)26)23(30)15-29(35(5,32)33)17-10-12-18(34-4)13-11-17/h7-13,16,22H,6,14-15H2,1-5H3,(H,27,31)/t22-/m1/s1. The lowest BCUT2D eigenvalue weighted by atomic mass is 10.1. The van der Waals surface area contributed by atoms with Crippen LogP contribution in [0.25, 0.3) is 0 Å². The molecule has 2 aromatic rings. The summed E-state index contributed by atoms with van der Waals surface area (Å²) in [7, 11) is -2.34. The second kappa shape index (κ2) is 12.5. The Labute approximate surface area is 217 Å². The number of benzene rings is 2. The van der Waals surface area contributed by atoms with E-state index in [1.54, 1.807) is 49.4 Å². The third-order valence-corrected chi connectivity index (χ3v) is 7.10. The largest absolute Gasteiger partial charge is 0.497 e. The number of anilines is 1. The number of nitrogens with zero attached hydrogens (tertiary/aromatic N) is 2. The van der Waals surface area contributed by atoms with Crippen LogP contribution in [-0.4, -0.2) is 57.1 Å². The SMILES string of the molecule is CC[C@H](C(=O)NC(C)C)N(Cc1c(Cl)cccc1Cl)C(=O)CN(c1ccc(OC)cc1)S(C)(=O)=O. The molecule has 0 heterocycles. The molecular weight excluding hydrogens is 513 g/mol. The molecule has 35 heavy (non-hydrogen) atoms. The van der Waals surface area contributed by atoms with Gasteiger partial charge in [-0.1, -0.05) is 36.2 Å². The fourth-order valence-electron chi connectivity index (χ4n) is 3.52. The van der Waals surface area contributed by atoms with Crippen molar-refractivity contribution in [1.82, 2.24) is 10.2 Å². The number of hydrogen-bond donors (Lipinski definition) is 1. The lowest BCUT2D eigenvalue weighted by Crippen LogP contribution is -2.53. The minimum Gasteiger partial charge on any atom is -0.497 e. The number of ether oxygens (including phenoxy) is 1.